The number of hydrogen-bond acceptors (Lipinski definition) is 5. The topological polar surface area (TPSA) is 78.4 Å². The molecule has 7 nitrogen and oxygen atoms in total. The van der Waals surface area contributed by atoms with E-state index in [-0.39, 0.29) is 11.6 Å². The first kappa shape index (κ1) is 18.9. The Hall–Kier alpha value is -2.44. The average molecular weight is 345 g/mol. The number of likely N-dealkylation sites (N-methyl/N-ethyl adjacent to an activating group) is 2. The van der Waals surface area contributed by atoms with Crippen molar-refractivity contribution in [2.24, 2.45) is 5.92 Å². The molecule has 1 saturated heterocycles. The predicted molar refractivity (Wildman–Crippen MR) is 97.7 cm³/mol. The Labute approximate surface area is 149 Å². The molecule has 7 heteroatoms. The lowest BCUT2D eigenvalue weighted by Gasteiger charge is -2.31. The van der Waals surface area contributed by atoms with Gasteiger partial charge in [0.15, 0.2) is 0 Å². The summed E-state index contributed by atoms with van der Waals surface area (Å²) in [4.78, 5) is 35.3. The summed E-state index contributed by atoms with van der Waals surface area (Å²) in [7, 11) is 3.06. The van der Waals surface area contributed by atoms with E-state index in [4.69, 9.17) is 0 Å². The first-order valence-corrected chi connectivity index (χ1v) is 8.79. The van der Waals surface area contributed by atoms with Crippen LogP contribution in [0.2, 0.25) is 0 Å². The maximum absolute atomic E-state index is 12.0. The lowest BCUT2D eigenvalue weighted by molar-refractivity contribution is -0.122. The molecule has 0 aromatic carbocycles. The van der Waals surface area contributed by atoms with E-state index in [1.807, 2.05) is 0 Å². The normalized spacial score (nSPS) is 15.8. The number of nitrogens with one attached hydrogen (secondary N) is 1. The molecule has 0 bridgehead atoms. The van der Waals surface area contributed by atoms with Gasteiger partial charge in [-0.05, 0) is 30.9 Å². The van der Waals surface area contributed by atoms with E-state index in [0.29, 0.717) is 18.1 Å². The summed E-state index contributed by atoms with van der Waals surface area (Å²) >= 11 is 0. The van der Waals surface area contributed by atoms with E-state index >= 15 is 0 Å². The average Bonchev–Trinajstić information content (AvgIpc) is 2.66. The molecule has 2 rings (SSSR count). The van der Waals surface area contributed by atoms with Crippen molar-refractivity contribution in [3.05, 3.63) is 23.7 Å². The number of aromatic nitrogens is 2. The number of hydrogen-bond donors (Lipinski definition) is 1. The highest BCUT2D eigenvalue weighted by atomic mass is 16.2. The molecule has 1 aliphatic heterocycles. The number of nitrogens with zero attached hydrogens (tertiary/aromatic N) is 4. The second-order valence-electron chi connectivity index (χ2n) is 6.33. The van der Waals surface area contributed by atoms with Crippen LogP contribution in [0.4, 0.5) is 5.95 Å². The standard InChI is InChI=1S/C18H27N5O2/c1-4-5-14-7-10-23(11-8-14)18-20-9-6-15(21-18)12-16(17(25)19-2)22(3)13-24/h6,9,12-14H,4-5,7-8,10-11H2,1-3H3,(H,19,25)/b16-12-. The molecule has 0 atom stereocenters. The number of carbonyl (C=O) groups excluding carboxylic acids is 2. The van der Waals surface area contributed by atoms with Crippen molar-refractivity contribution >= 4 is 24.3 Å². The van der Waals surface area contributed by atoms with Gasteiger partial charge in [0.2, 0.25) is 12.4 Å². The molecule has 0 saturated carbocycles. The lowest BCUT2D eigenvalue weighted by Crippen LogP contribution is -2.35. The van der Waals surface area contributed by atoms with Crippen molar-refractivity contribution in [1.82, 2.24) is 20.2 Å². The molecule has 2 heterocycles. The lowest BCUT2D eigenvalue weighted by atomic mass is 9.93. The van der Waals surface area contributed by atoms with E-state index in [1.165, 1.54) is 31.8 Å². The molecule has 1 aromatic rings. The van der Waals surface area contributed by atoms with Gasteiger partial charge in [0.25, 0.3) is 5.91 Å². The summed E-state index contributed by atoms with van der Waals surface area (Å²) in [5, 5.41) is 2.53. The van der Waals surface area contributed by atoms with Gasteiger partial charge in [-0.1, -0.05) is 19.8 Å². The molecule has 0 unspecified atom stereocenters. The molecule has 1 aliphatic rings. The minimum atomic E-state index is -0.338. The second-order valence-corrected chi connectivity index (χ2v) is 6.33. The molecule has 25 heavy (non-hydrogen) atoms. The molecule has 2 amide bonds. The minimum Gasteiger partial charge on any atom is -0.354 e. The van der Waals surface area contributed by atoms with Crippen molar-refractivity contribution in [3.63, 3.8) is 0 Å². The fourth-order valence-electron chi connectivity index (χ4n) is 3.08. The SMILES string of the molecule is CCCC1CCN(c2nccc(/C=C(/C(=O)NC)N(C)C=O)n2)CC1. The largest absolute Gasteiger partial charge is 0.354 e. The predicted octanol–water partition coefficient (Wildman–Crippen LogP) is 1.67. The van der Waals surface area contributed by atoms with Crippen LogP contribution in [0, 0.1) is 5.92 Å². The van der Waals surface area contributed by atoms with Crippen molar-refractivity contribution in [3.8, 4) is 0 Å². The van der Waals surface area contributed by atoms with Crippen LogP contribution in [0.1, 0.15) is 38.3 Å². The Morgan fingerprint density at radius 1 is 1.44 bits per heavy atom. The van der Waals surface area contributed by atoms with Crippen LogP contribution in [0.3, 0.4) is 0 Å². The zero-order valence-electron chi connectivity index (χ0n) is 15.2. The van der Waals surface area contributed by atoms with Crippen molar-refractivity contribution in [2.45, 2.75) is 32.6 Å². The Morgan fingerprint density at radius 3 is 2.76 bits per heavy atom. The summed E-state index contributed by atoms with van der Waals surface area (Å²) in [6, 6.07) is 1.73. The monoisotopic (exact) mass is 345 g/mol. The van der Waals surface area contributed by atoms with Crippen LogP contribution >= 0.6 is 0 Å². The van der Waals surface area contributed by atoms with Crippen LogP contribution in [0.25, 0.3) is 6.08 Å². The smallest absolute Gasteiger partial charge is 0.267 e. The third-order valence-corrected chi connectivity index (χ3v) is 4.54. The molecule has 0 spiro atoms. The third-order valence-electron chi connectivity index (χ3n) is 4.54. The van der Waals surface area contributed by atoms with Crippen LogP contribution in [0.15, 0.2) is 18.0 Å². The Morgan fingerprint density at radius 2 is 2.16 bits per heavy atom. The summed E-state index contributed by atoms with van der Waals surface area (Å²) in [6.45, 7) is 4.13. The summed E-state index contributed by atoms with van der Waals surface area (Å²) < 4.78 is 0. The van der Waals surface area contributed by atoms with Crippen molar-refractivity contribution in [2.75, 3.05) is 32.1 Å². The molecule has 0 aliphatic carbocycles. The van der Waals surface area contributed by atoms with Crippen molar-refractivity contribution < 1.29 is 9.59 Å². The van der Waals surface area contributed by atoms with Crippen molar-refractivity contribution in [1.29, 1.82) is 0 Å². The number of amides is 2. The molecule has 0 radical (unpaired) electrons. The Bertz CT molecular complexity index is 624. The minimum absolute atomic E-state index is 0.240. The van der Waals surface area contributed by atoms with E-state index in [0.717, 1.165) is 31.8 Å². The zero-order valence-corrected chi connectivity index (χ0v) is 15.2. The molecular weight excluding hydrogens is 318 g/mol. The summed E-state index contributed by atoms with van der Waals surface area (Å²) in [6.07, 6.45) is 8.72. The number of rotatable bonds is 7. The van der Waals surface area contributed by atoms with Gasteiger partial charge in [0, 0.05) is 33.4 Å². The highest BCUT2D eigenvalue weighted by Gasteiger charge is 2.20. The summed E-state index contributed by atoms with van der Waals surface area (Å²) in [5.74, 6) is 1.13. The van der Waals surface area contributed by atoms with Crippen LogP contribution in [0.5, 0.6) is 0 Å². The van der Waals surface area contributed by atoms with E-state index in [9.17, 15) is 9.59 Å². The van der Waals surface area contributed by atoms with Gasteiger partial charge in [0.1, 0.15) is 5.70 Å². The van der Waals surface area contributed by atoms with Gasteiger partial charge in [-0.25, -0.2) is 9.97 Å². The third kappa shape index (κ3) is 5.01. The zero-order chi connectivity index (χ0) is 18.2. The first-order chi connectivity index (χ1) is 12.1. The maximum Gasteiger partial charge on any atom is 0.267 e. The maximum atomic E-state index is 12.0. The highest BCUT2D eigenvalue weighted by Crippen LogP contribution is 2.24. The molecular formula is C18H27N5O2. The van der Waals surface area contributed by atoms with Gasteiger partial charge in [-0.3, -0.25) is 9.59 Å². The van der Waals surface area contributed by atoms with Gasteiger partial charge >= 0.3 is 0 Å². The van der Waals surface area contributed by atoms with E-state index < -0.39 is 0 Å². The van der Waals surface area contributed by atoms with Gasteiger partial charge < -0.3 is 15.1 Å². The molecule has 1 N–H and O–H groups in total. The quantitative estimate of drug-likeness (QED) is 0.601. The number of carbonyl (C=O) groups is 2. The molecule has 136 valence electrons. The summed E-state index contributed by atoms with van der Waals surface area (Å²) in [5.41, 5.74) is 0.844. The fraction of sp³-hybridized carbons (Fsp3) is 0.556. The second kappa shape index (κ2) is 9.15. The Balaban J connectivity index is 2.16. The first-order valence-electron chi connectivity index (χ1n) is 8.79. The highest BCUT2D eigenvalue weighted by molar-refractivity contribution is 5.98. The van der Waals surface area contributed by atoms with E-state index in [1.54, 1.807) is 18.3 Å². The number of anilines is 1. The van der Waals surface area contributed by atoms with Crippen LogP contribution in [-0.2, 0) is 9.59 Å². The molecule has 1 aromatic heterocycles. The fourth-order valence-corrected chi connectivity index (χ4v) is 3.08. The molecule has 1 fully saturated rings. The van der Waals surface area contributed by atoms with E-state index in [2.05, 4.69) is 27.1 Å². The number of piperidine rings is 1. The van der Waals surface area contributed by atoms with Gasteiger partial charge in [-0.2, -0.15) is 0 Å². The van der Waals surface area contributed by atoms with Gasteiger partial charge in [0.05, 0.1) is 5.69 Å². The van der Waals surface area contributed by atoms with Crippen LogP contribution < -0.4 is 10.2 Å². The van der Waals surface area contributed by atoms with Crippen LogP contribution in [-0.4, -0.2) is 54.4 Å². The van der Waals surface area contributed by atoms with Gasteiger partial charge in [-0.15, -0.1) is 0 Å². The Kier molecular flexibility index (Phi) is 6.91.